The lowest BCUT2D eigenvalue weighted by Crippen LogP contribution is -2.40. The van der Waals surface area contributed by atoms with Gasteiger partial charge in [-0.05, 0) is 43.7 Å². The third-order valence-corrected chi connectivity index (χ3v) is 4.51. The molecule has 0 bridgehead atoms. The second-order valence-electron chi connectivity index (χ2n) is 5.85. The van der Waals surface area contributed by atoms with Gasteiger partial charge in [-0.3, -0.25) is 9.78 Å². The van der Waals surface area contributed by atoms with E-state index in [1.54, 1.807) is 12.3 Å². The molecular formula is C16H26ClN3O. The lowest BCUT2D eigenvalue weighted by molar-refractivity contribution is -0.132. The van der Waals surface area contributed by atoms with Crippen LogP contribution in [0.5, 0.6) is 0 Å². The molecule has 0 radical (unpaired) electrons. The van der Waals surface area contributed by atoms with Crippen LogP contribution >= 0.6 is 12.4 Å². The van der Waals surface area contributed by atoms with Gasteiger partial charge in [0.15, 0.2) is 0 Å². The van der Waals surface area contributed by atoms with E-state index >= 15 is 0 Å². The molecule has 1 fully saturated rings. The fourth-order valence-electron chi connectivity index (χ4n) is 2.96. The number of halogens is 1. The number of rotatable bonds is 4. The number of amides is 1. The molecule has 0 unspecified atom stereocenters. The number of anilines is 1. The van der Waals surface area contributed by atoms with Crippen molar-refractivity contribution in [3.05, 3.63) is 24.0 Å². The molecule has 5 heteroatoms. The highest BCUT2D eigenvalue weighted by atomic mass is 35.5. The lowest BCUT2D eigenvalue weighted by atomic mass is 9.84. The molecule has 21 heavy (non-hydrogen) atoms. The van der Waals surface area contributed by atoms with E-state index in [9.17, 15) is 4.79 Å². The Kier molecular flexibility index (Phi) is 6.96. The summed E-state index contributed by atoms with van der Waals surface area (Å²) < 4.78 is 0. The van der Waals surface area contributed by atoms with Gasteiger partial charge in [0.1, 0.15) is 0 Å². The molecule has 1 aromatic rings. The van der Waals surface area contributed by atoms with Crippen molar-refractivity contribution < 1.29 is 4.79 Å². The van der Waals surface area contributed by atoms with Gasteiger partial charge in [0.05, 0.1) is 18.3 Å². The van der Waals surface area contributed by atoms with Gasteiger partial charge in [-0.25, -0.2) is 0 Å². The SMILES string of the molecule is CCC1CCC(N(C)C(=O)Cc2ccc(N)cn2)CC1.Cl. The molecule has 0 atom stereocenters. The highest BCUT2D eigenvalue weighted by molar-refractivity contribution is 5.85. The lowest BCUT2D eigenvalue weighted by Gasteiger charge is -2.34. The van der Waals surface area contributed by atoms with Crippen LogP contribution in [0.2, 0.25) is 0 Å². The maximum absolute atomic E-state index is 12.3. The third kappa shape index (κ3) is 4.88. The van der Waals surface area contributed by atoms with E-state index in [1.165, 1.54) is 19.3 Å². The molecule has 1 saturated carbocycles. The molecule has 1 aliphatic rings. The molecule has 1 aliphatic carbocycles. The van der Waals surface area contributed by atoms with Crippen LogP contribution in [0.4, 0.5) is 5.69 Å². The number of nitrogens with two attached hydrogens (primary N) is 1. The van der Waals surface area contributed by atoms with Crippen LogP contribution in [0, 0.1) is 5.92 Å². The predicted molar refractivity (Wildman–Crippen MR) is 88.4 cm³/mol. The zero-order chi connectivity index (χ0) is 14.5. The Labute approximate surface area is 133 Å². The van der Waals surface area contributed by atoms with Gasteiger partial charge >= 0.3 is 0 Å². The summed E-state index contributed by atoms with van der Waals surface area (Å²) in [5.41, 5.74) is 7.02. The molecule has 2 rings (SSSR count). The Morgan fingerprint density at radius 3 is 2.52 bits per heavy atom. The molecule has 0 spiro atoms. The molecule has 1 amide bonds. The minimum Gasteiger partial charge on any atom is -0.397 e. The second-order valence-corrected chi connectivity index (χ2v) is 5.85. The number of likely N-dealkylation sites (N-methyl/N-ethyl adjacent to an activating group) is 1. The van der Waals surface area contributed by atoms with Crippen molar-refractivity contribution in [2.24, 2.45) is 5.92 Å². The van der Waals surface area contributed by atoms with Crippen molar-refractivity contribution in [2.75, 3.05) is 12.8 Å². The maximum atomic E-state index is 12.3. The normalized spacial score (nSPS) is 21.4. The van der Waals surface area contributed by atoms with E-state index in [4.69, 9.17) is 5.73 Å². The van der Waals surface area contributed by atoms with Crippen LogP contribution in [0.3, 0.4) is 0 Å². The summed E-state index contributed by atoms with van der Waals surface area (Å²) in [7, 11) is 1.93. The smallest absolute Gasteiger partial charge is 0.228 e. The number of carbonyl (C=O) groups is 1. The zero-order valence-electron chi connectivity index (χ0n) is 12.9. The number of nitrogen functional groups attached to an aromatic ring is 1. The third-order valence-electron chi connectivity index (χ3n) is 4.51. The van der Waals surface area contributed by atoms with Gasteiger partial charge in [0, 0.05) is 18.8 Å². The summed E-state index contributed by atoms with van der Waals surface area (Å²) in [5.74, 6) is 1.01. The van der Waals surface area contributed by atoms with E-state index in [-0.39, 0.29) is 18.3 Å². The van der Waals surface area contributed by atoms with Crippen molar-refractivity contribution in [1.29, 1.82) is 0 Å². The number of carbonyl (C=O) groups excluding carboxylic acids is 1. The molecule has 0 aliphatic heterocycles. The topological polar surface area (TPSA) is 59.2 Å². The Balaban J connectivity index is 0.00000220. The molecule has 4 nitrogen and oxygen atoms in total. The summed E-state index contributed by atoms with van der Waals surface area (Å²) >= 11 is 0. The Morgan fingerprint density at radius 2 is 2.00 bits per heavy atom. The average molecular weight is 312 g/mol. The van der Waals surface area contributed by atoms with E-state index in [0.29, 0.717) is 18.2 Å². The molecule has 1 aromatic heterocycles. The molecule has 0 saturated heterocycles. The number of nitrogens with zero attached hydrogens (tertiary/aromatic N) is 2. The molecule has 2 N–H and O–H groups in total. The average Bonchev–Trinajstić information content (AvgIpc) is 2.49. The molecule has 1 heterocycles. The first-order valence-corrected chi connectivity index (χ1v) is 7.56. The van der Waals surface area contributed by atoms with Crippen molar-refractivity contribution in [2.45, 2.75) is 51.5 Å². The quantitative estimate of drug-likeness (QED) is 0.929. The first-order valence-electron chi connectivity index (χ1n) is 7.56. The van der Waals surface area contributed by atoms with Crippen LogP contribution in [-0.4, -0.2) is 28.9 Å². The first-order chi connectivity index (χ1) is 9.60. The van der Waals surface area contributed by atoms with E-state index < -0.39 is 0 Å². The van der Waals surface area contributed by atoms with Gasteiger partial charge in [-0.2, -0.15) is 0 Å². The zero-order valence-corrected chi connectivity index (χ0v) is 13.7. The number of pyridine rings is 1. The Bertz CT molecular complexity index is 441. The van der Waals surface area contributed by atoms with E-state index in [1.807, 2.05) is 18.0 Å². The van der Waals surface area contributed by atoms with Crippen molar-refractivity contribution >= 4 is 24.0 Å². The monoisotopic (exact) mass is 311 g/mol. The van der Waals surface area contributed by atoms with Gasteiger partial charge in [0.2, 0.25) is 5.91 Å². The number of aromatic nitrogens is 1. The summed E-state index contributed by atoms with van der Waals surface area (Å²) in [6, 6.07) is 4.02. The summed E-state index contributed by atoms with van der Waals surface area (Å²) in [5, 5.41) is 0. The maximum Gasteiger partial charge on any atom is 0.228 e. The van der Waals surface area contributed by atoms with Gasteiger partial charge in [0.25, 0.3) is 0 Å². The van der Waals surface area contributed by atoms with E-state index in [2.05, 4.69) is 11.9 Å². The van der Waals surface area contributed by atoms with Crippen molar-refractivity contribution in [3.8, 4) is 0 Å². The van der Waals surface area contributed by atoms with Crippen molar-refractivity contribution in [3.63, 3.8) is 0 Å². The summed E-state index contributed by atoms with van der Waals surface area (Å²) in [6.07, 6.45) is 8.00. The van der Waals surface area contributed by atoms with Crippen LogP contribution in [0.25, 0.3) is 0 Å². The highest BCUT2D eigenvalue weighted by Gasteiger charge is 2.25. The standard InChI is InChI=1S/C16H25N3O.ClH/c1-3-12-4-8-15(9-5-12)19(2)16(20)10-14-7-6-13(17)11-18-14;/h6-7,11-12,15H,3-5,8-10,17H2,1-2H3;1H. The minimum atomic E-state index is 0. The second kappa shape index (κ2) is 8.23. The largest absolute Gasteiger partial charge is 0.397 e. The van der Waals surface area contributed by atoms with Crippen molar-refractivity contribution in [1.82, 2.24) is 9.88 Å². The summed E-state index contributed by atoms with van der Waals surface area (Å²) in [6.45, 7) is 2.26. The van der Waals surface area contributed by atoms with Crippen LogP contribution < -0.4 is 5.73 Å². The molecule has 0 aromatic carbocycles. The highest BCUT2D eigenvalue weighted by Crippen LogP contribution is 2.29. The summed E-state index contributed by atoms with van der Waals surface area (Å²) in [4.78, 5) is 18.4. The van der Waals surface area contributed by atoms with Crippen LogP contribution in [0.1, 0.15) is 44.7 Å². The van der Waals surface area contributed by atoms with E-state index in [0.717, 1.165) is 24.5 Å². The van der Waals surface area contributed by atoms with Gasteiger partial charge < -0.3 is 10.6 Å². The fraction of sp³-hybridized carbons (Fsp3) is 0.625. The Hall–Kier alpha value is -1.29. The van der Waals surface area contributed by atoms with Gasteiger partial charge in [-0.15, -0.1) is 12.4 Å². The Morgan fingerprint density at radius 1 is 1.33 bits per heavy atom. The molecule has 118 valence electrons. The number of hydrogen-bond donors (Lipinski definition) is 1. The fourth-order valence-corrected chi connectivity index (χ4v) is 2.96. The van der Waals surface area contributed by atoms with Crippen LogP contribution in [0.15, 0.2) is 18.3 Å². The number of hydrogen-bond acceptors (Lipinski definition) is 3. The van der Waals surface area contributed by atoms with Crippen LogP contribution in [-0.2, 0) is 11.2 Å². The first kappa shape index (κ1) is 17.8. The predicted octanol–water partition coefficient (Wildman–Crippen LogP) is 3.06. The molecular weight excluding hydrogens is 286 g/mol. The van der Waals surface area contributed by atoms with Gasteiger partial charge in [-0.1, -0.05) is 13.3 Å². The minimum absolute atomic E-state index is 0.